The molecule has 0 saturated carbocycles. The van der Waals surface area contributed by atoms with Crippen molar-refractivity contribution in [2.75, 3.05) is 5.32 Å². The maximum absolute atomic E-state index is 11.3. The highest BCUT2D eigenvalue weighted by molar-refractivity contribution is 7.03. The first-order valence-corrected chi connectivity index (χ1v) is 8.58. The monoisotopic (exact) mass is 346 g/mol. The van der Waals surface area contributed by atoms with Gasteiger partial charge in [-0.2, -0.15) is 0 Å². The zero-order valence-corrected chi connectivity index (χ0v) is 14.2. The van der Waals surface area contributed by atoms with Crippen molar-refractivity contribution < 1.29 is 4.79 Å². The second-order valence-electron chi connectivity index (χ2n) is 5.60. The van der Waals surface area contributed by atoms with E-state index < -0.39 is 0 Å². The van der Waals surface area contributed by atoms with Gasteiger partial charge >= 0.3 is 0 Å². The first-order chi connectivity index (χ1) is 12.2. The Labute approximate surface area is 148 Å². The molecule has 5 nitrogen and oxygen atoms in total. The lowest BCUT2D eigenvalue weighted by Gasteiger charge is -2.10. The third-order valence-electron chi connectivity index (χ3n) is 3.80. The molecule has 0 atom stereocenters. The number of anilines is 1. The van der Waals surface area contributed by atoms with Gasteiger partial charge in [-0.05, 0) is 41.9 Å². The van der Waals surface area contributed by atoms with Crippen LogP contribution in [0.2, 0.25) is 0 Å². The standard InChI is InChI=1S/C19H14N4OS/c1-12(24)22-14-5-6-15-16(17-4-2-3-7-20-17)9-18(23-19(15)8-14)13-10-21-25-11-13/h2-11H,1H3,(H,22,24). The van der Waals surface area contributed by atoms with Gasteiger partial charge in [0.2, 0.25) is 5.91 Å². The summed E-state index contributed by atoms with van der Waals surface area (Å²) in [7, 11) is 0. The van der Waals surface area contributed by atoms with E-state index >= 15 is 0 Å². The number of fused-ring (bicyclic) bond motifs is 1. The van der Waals surface area contributed by atoms with Crippen LogP contribution in [-0.2, 0) is 4.79 Å². The Morgan fingerprint density at radius 2 is 2.04 bits per heavy atom. The molecular formula is C19H14N4OS. The Bertz CT molecular complexity index is 1050. The van der Waals surface area contributed by atoms with Crippen molar-refractivity contribution >= 4 is 34.0 Å². The molecule has 0 bridgehead atoms. The number of nitrogens with one attached hydrogen (secondary N) is 1. The second-order valence-corrected chi connectivity index (χ2v) is 6.25. The fourth-order valence-corrected chi connectivity index (χ4v) is 3.25. The normalized spacial score (nSPS) is 10.8. The molecule has 0 unspecified atom stereocenters. The zero-order valence-electron chi connectivity index (χ0n) is 13.4. The Morgan fingerprint density at radius 1 is 1.12 bits per heavy atom. The van der Waals surface area contributed by atoms with Gasteiger partial charge in [0.15, 0.2) is 0 Å². The van der Waals surface area contributed by atoms with Crippen LogP contribution in [0.25, 0.3) is 33.4 Å². The number of benzene rings is 1. The van der Waals surface area contributed by atoms with E-state index in [2.05, 4.69) is 14.7 Å². The Hall–Kier alpha value is -3.12. The van der Waals surface area contributed by atoms with Crippen molar-refractivity contribution in [1.29, 1.82) is 0 Å². The number of rotatable bonds is 3. The molecule has 0 fully saturated rings. The summed E-state index contributed by atoms with van der Waals surface area (Å²) in [6, 6.07) is 13.6. The van der Waals surface area contributed by atoms with Gasteiger partial charge in [-0.25, -0.2) is 9.36 Å². The summed E-state index contributed by atoms with van der Waals surface area (Å²) < 4.78 is 4.17. The molecule has 0 saturated heterocycles. The molecule has 0 aliphatic rings. The lowest BCUT2D eigenvalue weighted by Crippen LogP contribution is -2.05. The smallest absolute Gasteiger partial charge is 0.221 e. The minimum atomic E-state index is -0.109. The van der Waals surface area contributed by atoms with E-state index in [1.165, 1.54) is 18.5 Å². The van der Waals surface area contributed by atoms with Crippen molar-refractivity contribution in [2.24, 2.45) is 0 Å². The molecule has 1 amide bonds. The molecule has 3 aromatic heterocycles. The molecule has 6 heteroatoms. The molecule has 0 aliphatic heterocycles. The van der Waals surface area contributed by atoms with Crippen molar-refractivity contribution in [2.45, 2.75) is 6.92 Å². The SMILES string of the molecule is CC(=O)Nc1ccc2c(-c3ccccn3)cc(-c3cnsc3)nc2c1. The maximum Gasteiger partial charge on any atom is 0.221 e. The van der Waals surface area contributed by atoms with Gasteiger partial charge in [0, 0.05) is 40.7 Å². The number of pyridine rings is 2. The summed E-state index contributed by atoms with van der Waals surface area (Å²) in [4.78, 5) is 20.6. The number of hydrogen-bond acceptors (Lipinski definition) is 5. The number of hydrogen-bond donors (Lipinski definition) is 1. The summed E-state index contributed by atoms with van der Waals surface area (Å²) in [6.07, 6.45) is 3.58. The number of carbonyl (C=O) groups excluding carboxylic acids is 1. The fourth-order valence-electron chi connectivity index (χ4n) is 2.72. The zero-order chi connectivity index (χ0) is 17.2. The molecular weight excluding hydrogens is 332 g/mol. The molecule has 4 rings (SSSR count). The molecule has 1 aromatic carbocycles. The summed E-state index contributed by atoms with van der Waals surface area (Å²) >= 11 is 1.39. The summed E-state index contributed by atoms with van der Waals surface area (Å²) in [5.41, 5.74) is 5.21. The van der Waals surface area contributed by atoms with Crippen LogP contribution in [-0.4, -0.2) is 20.2 Å². The summed E-state index contributed by atoms with van der Waals surface area (Å²) in [5.74, 6) is -0.109. The quantitative estimate of drug-likeness (QED) is 0.598. The Kier molecular flexibility index (Phi) is 3.95. The Balaban J connectivity index is 1.96. The number of nitrogens with zero attached hydrogens (tertiary/aromatic N) is 3. The van der Waals surface area contributed by atoms with Crippen molar-refractivity contribution in [3.63, 3.8) is 0 Å². The van der Waals surface area contributed by atoms with Crippen LogP contribution in [0.5, 0.6) is 0 Å². The number of carbonyl (C=O) groups is 1. The minimum Gasteiger partial charge on any atom is -0.326 e. The van der Waals surface area contributed by atoms with E-state index in [0.29, 0.717) is 0 Å². The largest absolute Gasteiger partial charge is 0.326 e. The van der Waals surface area contributed by atoms with E-state index in [1.54, 1.807) is 12.4 Å². The van der Waals surface area contributed by atoms with Crippen LogP contribution in [0.15, 0.2) is 60.2 Å². The van der Waals surface area contributed by atoms with E-state index in [0.717, 1.165) is 39.1 Å². The first kappa shape index (κ1) is 15.4. The van der Waals surface area contributed by atoms with Crippen LogP contribution < -0.4 is 5.32 Å². The average Bonchev–Trinajstić information content (AvgIpc) is 3.15. The molecule has 3 heterocycles. The van der Waals surface area contributed by atoms with Gasteiger partial charge in [0.25, 0.3) is 0 Å². The minimum absolute atomic E-state index is 0.109. The van der Waals surface area contributed by atoms with Gasteiger partial charge in [-0.3, -0.25) is 9.78 Å². The van der Waals surface area contributed by atoms with Gasteiger partial charge < -0.3 is 5.32 Å². The van der Waals surface area contributed by atoms with Crippen molar-refractivity contribution in [3.05, 3.63) is 60.2 Å². The lowest BCUT2D eigenvalue weighted by molar-refractivity contribution is -0.114. The van der Waals surface area contributed by atoms with Gasteiger partial charge in [-0.15, -0.1) is 0 Å². The number of amides is 1. The lowest BCUT2D eigenvalue weighted by atomic mass is 10.0. The van der Waals surface area contributed by atoms with Crippen molar-refractivity contribution in [3.8, 4) is 22.5 Å². The third-order valence-corrected chi connectivity index (χ3v) is 4.39. The molecule has 122 valence electrons. The molecule has 4 aromatic rings. The Morgan fingerprint density at radius 3 is 2.76 bits per heavy atom. The first-order valence-electron chi connectivity index (χ1n) is 7.74. The average molecular weight is 346 g/mol. The molecule has 0 spiro atoms. The maximum atomic E-state index is 11.3. The topological polar surface area (TPSA) is 67.8 Å². The van der Waals surface area contributed by atoms with Gasteiger partial charge in [0.1, 0.15) is 0 Å². The van der Waals surface area contributed by atoms with Crippen LogP contribution in [0.3, 0.4) is 0 Å². The molecule has 1 N–H and O–H groups in total. The van der Waals surface area contributed by atoms with Crippen LogP contribution in [0.4, 0.5) is 5.69 Å². The third kappa shape index (κ3) is 3.12. The molecule has 0 aliphatic carbocycles. The van der Waals surface area contributed by atoms with E-state index in [4.69, 9.17) is 4.98 Å². The highest BCUT2D eigenvalue weighted by Crippen LogP contribution is 2.32. The predicted octanol–water partition coefficient (Wildman–Crippen LogP) is 4.38. The summed E-state index contributed by atoms with van der Waals surface area (Å²) in [5, 5.41) is 5.76. The second kappa shape index (κ2) is 6.41. The number of aromatic nitrogens is 3. The molecule has 0 radical (unpaired) electrons. The summed E-state index contributed by atoms with van der Waals surface area (Å²) in [6.45, 7) is 1.49. The van der Waals surface area contributed by atoms with Crippen LogP contribution >= 0.6 is 11.5 Å². The van der Waals surface area contributed by atoms with E-state index in [-0.39, 0.29) is 5.91 Å². The molecule has 25 heavy (non-hydrogen) atoms. The highest BCUT2D eigenvalue weighted by Gasteiger charge is 2.12. The van der Waals surface area contributed by atoms with Crippen LogP contribution in [0, 0.1) is 0 Å². The van der Waals surface area contributed by atoms with E-state index in [9.17, 15) is 4.79 Å². The van der Waals surface area contributed by atoms with E-state index in [1.807, 2.05) is 47.8 Å². The van der Waals surface area contributed by atoms with Gasteiger partial charge in [0.05, 0.1) is 23.1 Å². The fraction of sp³-hybridized carbons (Fsp3) is 0.0526. The van der Waals surface area contributed by atoms with Crippen molar-refractivity contribution in [1.82, 2.24) is 14.3 Å². The van der Waals surface area contributed by atoms with Gasteiger partial charge in [-0.1, -0.05) is 12.1 Å². The predicted molar refractivity (Wildman–Crippen MR) is 100 cm³/mol. The van der Waals surface area contributed by atoms with Crippen LogP contribution in [0.1, 0.15) is 6.92 Å². The highest BCUT2D eigenvalue weighted by atomic mass is 32.1.